The first-order valence-corrected chi connectivity index (χ1v) is 7.69. The minimum Gasteiger partial charge on any atom is -0.463 e. The Bertz CT molecular complexity index is 642. The summed E-state index contributed by atoms with van der Waals surface area (Å²) in [7, 11) is 1.54. The molecule has 24 heavy (non-hydrogen) atoms. The fourth-order valence-corrected chi connectivity index (χ4v) is 2.61. The molecule has 0 fully saturated rings. The maximum Gasteiger partial charge on any atom is 0.338 e. The van der Waals surface area contributed by atoms with Gasteiger partial charge in [-0.1, -0.05) is 12.1 Å². The van der Waals surface area contributed by atoms with Crippen LogP contribution in [0, 0.1) is 5.82 Å². The number of benzene rings is 1. The lowest BCUT2D eigenvalue weighted by Crippen LogP contribution is -2.49. The van der Waals surface area contributed by atoms with Crippen LogP contribution in [0.2, 0.25) is 0 Å². The summed E-state index contributed by atoms with van der Waals surface area (Å²) in [4.78, 5) is 26.2. The molecule has 1 atom stereocenters. The van der Waals surface area contributed by atoms with Crippen LogP contribution in [0.1, 0.15) is 25.5 Å². The quantitative estimate of drug-likeness (QED) is 0.810. The van der Waals surface area contributed by atoms with Gasteiger partial charge < -0.3 is 14.8 Å². The van der Waals surface area contributed by atoms with Gasteiger partial charge in [0.05, 0.1) is 31.4 Å². The van der Waals surface area contributed by atoms with Crippen LogP contribution in [-0.4, -0.2) is 43.8 Å². The Balaban J connectivity index is 2.45. The molecule has 0 bridgehead atoms. The molecule has 1 aromatic carbocycles. The third-order valence-corrected chi connectivity index (χ3v) is 3.81. The van der Waals surface area contributed by atoms with Gasteiger partial charge in [-0.25, -0.2) is 14.0 Å². The Hall–Kier alpha value is -2.41. The number of hydrogen-bond acceptors (Lipinski definition) is 4. The molecule has 0 radical (unpaired) electrons. The number of amides is 2. The normalized spacial score (nSPS) is 17.8. The number of allylic oxidation sites excluding steroid dienone is 1. The topological polar surface area (TPSA) is 67.9 Å². The van der Waals surface area contributed by atoms with Crippen molar-refractivity contribution in [3.8, 4) is 0 Å². The molecule has 1 aromatic rings. The zero-order chi connectivity index (χ0) is 17.7. The highest BCUT2D eigenvalue weighted by molar-refractivity contribution is 5.95. The Morgan fingerprint density at radius 2 is 2.00 bits per heavy atom. The van der Waals surface area contributed by atoms with Crippen LogP contribution < -0.4 is 5.32 Å². The first-order valence-electron chi connectivity index (χ1n) is 7.69. The van der Waals surface area contributed by atoms with Crippen LogP contribution in [0.5, 0.6) is 0 Å². The summed E-state index contributed by atoms with van der Waals surface area (Å²) in [6, 6.07) is 4.63. The molecule has 0 saturated carbocycles. The van der Waals surface area contributed by atoms with E-state index in [0.29, 0.717) is 30.0 Å². The molecule has 0 spiro atoms. The van der Waals surface area contributed by atoms with Crippen LogP contribution in [0.25, 0.3) is 0 Å². The molecule has 2 rings (SSSR count). The number of esters is 1. The molecule has 1 aliphatic heterocycles. The number of nitrogens with zero attached hydrogens (tertiary/aromatic N) is 1. The summed E-state index contributed by atoms with van der Waals surface area (Å²) >= 11 is 0. The van der Waals surface area contributed by atoms with Crippen LogP contribution in [0.4, 0.5) is 9.18 Å². The SMILES string of the molecule is CCOC(=O)C1=C(C)N(CCOC)C(=O)N[C@H]1c1ccc(F)cc1. The summed E-state index contributed by atoms with van der Waals surface area (Å²) in [5, 5.41) is 2.78. The molecule has 7 heteroatoms. The Labute approximate surface area is 140 Å². The molecular formula is C17H21FN2O4. The van der Waals surface area contributed by atoms with E-state index in [0.717, 1.165) is 0 Å². The van der Waals surface area contributed by atoms with Crippen molar-refractivity contribution < 1.29 is 23.5 Å². The standard InChI is InChI=1S/C17H21FN2O4/c1-4-24-16(21)14-11(2)20(9-10-23-3)17(22)19-15(14)12-5-7-13(18)8-6-12/h5-8,15H,4,9-10H2,1-3H3,(H,19,22)/t15-/m0/s1. The second-order valence-corrected chi connectivity index (χ2v) is 5.30. The summed E-state index contributed by atoms with van der Waals surface area (Å²) in [5.74, 6) is -0.896. The van der Waals surface area contributed by atoms with Gasteiger partial charge in [-0.2, -0.15) is 0 Å². The highest BCUT2D eigenvalue weighted by atomic mass is 19.1. The van der Waals surface area contributed by atoms with E-state index < -0.39 is 12.0 Å². The van der Waals surface area contributed by atoms with Crippen LogP contribution in [-0.2, 0) is 14.3 Å². The fraction of sp³-hybridized carbons (Fsp3) is 0.412. The fourth-order valence-electron chi connectivity index (χ4n) is 2.61. The van der Waals surface area contributed by atoms with Gasteiger partial charge in [-0.05, 0) is 31.5 Å². The monoisotopic (exact) mass is 336 g/mol. The van der Waals surface area contributed by atoms with Crippen LogP contribution in [0.15, 0.2) is 35.5 Å². The minimum absolute atomic E-state index is 0.220. The molecule has 0 unspecified atom stereocenters. The number of carbonyl (C=O) groups is 2. The van der Waals surface area contributed by atoms with E-state index in [-0.39, 0.29) is 18.5 Å². The molecule has 0 aromatic heterocycles. The van der Waals surface area contributed by atoms with Crippen molar-refractivity contribution in [2.45, 2.75) is 19.9 Å². The molecular weight excluding hydrogens is 315 g/mol. The lowest BCUT2D eigenvalue weighted by atomic mass is 9.95. The molecule has 130 valence electrons. The minimum atomic E-state index is -0.684. The molecule has 6 nitrogen and oxygen atoms in total. The highest BCUT2D eigenvalue weighted by Gasteiger charge is 2.36. The number of halogens is 1. The average Bonchev–Trinajstić information content (AvgIpc) is 2.55. The predicted octanol–water partition coefficient (Wildman–Crippen LogP) is 2.38. The van der Waals surface area contributed by atoms with E-state index in [1.54, 1.807) is 13.8 Å². The van der Waals surface area contributed by atoms with Crippen molar-refractivity contribution in [3.05, 3.63) is 46.9 Å². The van der Waals surface area contributed by atoms with Gasteiger partial charge in [0.25, 0.3) is 0 Å². The van der Waals surface area contributed by atoms with E-state index in [4.69, 9.17) is 9.47 Å². The molecule has 1 aliphatic rings. The number of methoxy groups -OCH3 is 1. The van der Waals surface area contributed by atoms with E-state index in [2.05, 4.69) is 5.32 Å². The van der Waals surface area contributed by atoms with Crippen LogP contribution in [0.3, 0.4) is 0 Å². The van der Waals surface area contributed by atoms with Gasteiger partial charge in [0.1, 0.15) is 5.82 Å². The Kier molecular flexibility index (Phi) is 5.92. The third-order valence-electron chi connectivity index (χ3n) is 3.81. The maximum atomic E-state index is 13.2. The van der Waals surface area contributed by atoms with E-state index in [9.17, 15) is 14.0 Å². The Morgan fingerprint density at radius 3 is 2.58 bits per heavy atom. The van der Waals surface area contributed by atoms with Crippen molar-refractivity contribution in [3.63, 3.8) is 0 Å². The van der Waals surface area contributed by atoms with Gasteiger partial charge in [0.15, 0.2) is 0 Å². The summed E-state index contributed by atoms with van der Waals surface area (Å²) in [6.45, 7) is 4.27. The lowest BCUT2D eigenvalue weighted by molar-refractivity contribution is -0.139. The molecule has 1 heterocycles. The van der Waals surface area contributed by atoms with Gasteiger partial charge in [0, 0.05) is 12.8 Å². The number of urea groups is 1. The van der Waals surface area contributed by atoms with Crippen molar-refractivity contribution in [2.75, 3.05) is 26.9 Å². The second-order valence-electron chi connectivity index (χ2n) is 5.30. The summed E-state index contributed by atoms with van der Waals surface area (Å²) in [5.41, 5.74) is 1.45. The summed E-state index contributed by atoms with van der Waals surface area (Å²) < 4.78 is 23.3. The third kappa shape index (κ3) is 3.73. The first kappa shape index (κ1) is 17.9. The second kappa shape index (κ2) is 7.92. The summed E-state index contributed by atoms with van der Waals surface area (Å²) in [6.07, 6.45) is 0. The van der Waals surface area contributed by atoms with Gasteiger partial charge >= 0.3 is 12.0 Å². The number of hydrogen-bond donors (Lipinski definition) is 1. The number of carbonyl (C=O) groups excluding carboxylic acids is 2. The van der Waals surface area contributed by atoms with Gasteiger partial charge in [0.2, 0.25) is 0 Å². The molecule has 0 saturated heterocycles. The number of rotatable bonds is 6. The average molecular weight is 336 g/mol. The Morgan fingerprint density at radius 1 is 1.33 bits per heavy atom. The van der Waals surface area contributed by atoms with E-state index in [1.807, 2.05) is 0 Å². The molecule has 2 amide bonds. The van der Waals surface area contributed by atoms with Crippen LogP contribution >= 0.6 is 0 Å². The van der Waals surface area contributed by atoms with Crippen molar-refractivity contribution in [1.29, 1.82) is 0 Å². The first-order chi connectivity index (χ1) is 11.5. The van der Waals surface area contributed by atoms with E-state index >= 15 is 0 Å². The molecule has 0 aliphatic carbocycles. The predicted molar refractivity (Wildman–Crippen MR) is 85.6 cm³/mol. The zero-order valence-electron chi connectivity index (χ0n) is 14.0. The highest BCUT2D eigenvalue weighted by Crippen LogP contribution is 2.31. The van der Waals surface area contributed by atoms with E-state index in [1.165, 1.54) is 36.3 Å². The van der Waals surface area contributed by atoms with Crippen molar-refractivity contribution >= 4 is 12.0 Å². The molecule has 1 N–H and O–H groups in total. The lowest BCUT2D eigenvalue weighted by Gasteiger charge is -2.35. The zero-order valence-corrected chi connectivity index (χ0v) is 14.0. The van der Waals surface area contributed by atoms with Gasteiger partial charge in [-0.3, -0.25) is 4.90 Å². The smallest absolute Gasteiger partial charge is 0.338 e. The largest absolute Gasteiger partial charge is 0.463 e. The number of ether oxygens (including phenoxy) is 2. The van der Waals surface area contributed by atoms with Gasteiger partial charge in [-0.15, -0.1) is 0 Å². The number of nitrogens with one attached hydrogen (secondary N) is 1. The van der Waals surface area contributed by atoms with Crippen molar-refractivity contribution in [1.82, 2.24) is 10.2 Å². The maximum absolute atomic E-state index is 13.2. The van der Waals surface area contributed by atoms with Crippen molar-refractivity contribution in [2.24, 2.45) is 0 Å².